The van der Waals surface area contributed by atoms with Crippen LogP contribution in [0.15, 0.2) is 24.3 Å². The minimum atomic E-state index is -0.844. The van der Waals surface area contributed by atoms with Crippen LogP contribution >= 0.6 is 0 Å². The Balaban J connectivity index is 3.39. The van der Waals surface area contributed by atoms with Gasteiger partial charge in [-0.25, -0.2) is 0 Å². The van der Waals surface area contributed by atoms with Gasteiger partial charge in [0.1, 0.15) is 0 Å². The van der Waals surface area contributed by atoms with Crippen LogP contribution in [0.25, 0.3) is 0 Å². The number of unbranched alkanes of at least 4 members (excludes halogenated alkanes) is 50. The lowest BCUT2D eigenvalue weighted by Crippen LogP contribution is -2.45. The predicted molar refractivity (Wildman–Crippen MR) is 324 cm³/mol. The van der Waals surface area contributed by atoms with Gasteiger partial charge in [-0.15, -0.1) is 0 Å². The van der Waals surface area contributed by atoms with Gasteiger partial charge in [0.15, 0.2) is 0 Å². The van der Waals surface area contributed by atoms with E-state index in [9.17, 15) is 19.8 Å². The highest BCUT2D eigenvalue weighted by Crippen LogP contribution is 2.18. The van der Waals surface area contributed by atoms with Gasteiger partial charge >= 0.3 is 5.97 Å². The van der Waals surface area contributed by atoms with Crippen molar-refractivity contribution >= 4 is 11.9 Å². The van der Waals surface area contributed by atoms with Crippen molar-refractivity contribution in [2.75, 3.05) is 13.2 Å². The highest BCUT2D eigenvalue weighted by atomic mass is 16.5. The second-order valence-electron chi connectivity index (χ2n) is 23.2. The second-order valence-corrected chi connectivity index (χ2v) is 23.2. The number of hydrogen-bond donors (Lipinski definition) is 3. The molecular formula is C68H131NO5. The van der Waals surface area contributed by atoms with Crippen LogP contribution in [0, 0.1) is 0 Å². The molecule has 0 heterocycles. The summed E-state index contributed by atoms with van der Waals surface area (Å²) >= 11 is 0. The van der Waals surface area contributed by atoms with E-state index in [1.54, 1.807) is 6.08 Å². The van der Waals surface area contributed by atoms with Crippen LogP contribution in [0.5, 0.6) is 0 Å². The second kappa shape index (κ2) is 63.9. The highest BCUT2D eigenvalue weighted by molar-refractivity contribution is 5.76. The van der Waals surface area contributed by atoms with E-state index < -0.39 is 12.1 Å². The molecule has 3 N–H and O–H groups in total. The van der Waals surface area contributed by atoms with E-state index >= 15 is 0 Å². The number of aliphatic hydroxyl groups excluding tert-OH is 2. The SMILES string of the molecule is CCCCCC/C=C\CCCCCCCC(=O)OCCCCCCCCCCCCCCCCCCCCCCCCCCCC(=O)NC(CO)C(O)/C=C/CCCCCCCCCCCCCCCCCCC. The summed E-state index contributed by atoms with van der Waals surface area (Å²) in [7, 11) is 0. The first-order valence-electron chi connectivity index (χ1n) is 33.6. The summed E-state index contributed by atoms with van der Waals surface area (Å²) in [6.07, 6.45) is 79.5. The molecule has 2 unspecified atom stereocenters. The Labute approximate surface area is 462 Å². The number of hydrogen-bond acceptors (Lipinski definition) is 5. The summed E-state index contributed by atoms with van der Waals surface area (Å²) in [4.78, 5) is 24.5. The summed E-state index contributed by atoms with van der Waals surface area (Å²) in [6.45, 7) is 4.92. The maximum absolute atomic E-state index is 12.5. The van der Waals surface area contributed by atoms with E-state index in [0.29, 0.717) is 19.4 Å². The number of esters is 1. The van der Waals surface area contributed by atoms with Crippen molar-refractivity contribution in [3.63, 3.8) is 0 Å². The van der Waals surface area contributed by atoms with Gasteiger partial charge in [0, 0.05) is 12.8 Å². The minimum absolute atomic E-state index is 0.00721. The van der Waals surface area contributed by atoms with Crippen molar-refractivity contribution in [2.24, 2.45) is 0 Å². The Kier molecular flexibility index (Phi) is 62.4. The fraction of sp³-hybridized carbons (Fsp3) is 0.912. The quantitative estimate of drug-likeness (QED) is 0.0320. The average molecular weight is 1040 g/mol. The van der Waals surface area contributed by atoms with Gasteiger partial charge in [-0.2, -0.15) is 0 Å². The highest BCUT2D eigenvalue weighted by Gasteiger charge is 2.18. The maximum Gasteiger partial charge on any atom is 0.305 e. The van der Waals surface area contributed by atoms with Crippen molar-refractivity contribution in [3.8, 4) is 0 Å². The molecule has 0 fully saturated rings. The van der Waals surface area contributed by atoms with Gasteiger partial charge in [-0.1, -0.05) is 327 Å². The summed E-state index contributed by atoms with van der Waals surface area (Å²) in [6, 6.07) is -0.627. The zero-order chi connectivity index (χ0) is 53.6. The Morgan fingerprint density at radius 1 is 0.365 bits per heavy atom. The normalized spacial score (nSPS) is 12.6. The number of carbonyl (C=O) groups is 2. The number of allylic oxidation sites excluding steroid dienone is 3. The van der Waals surface area contributed by atoms with Gasteiger partial charge in [0.2, 0.25) is 5.91 Å². The van der Waals surface area contributed by atoms with Gasteiger partial charge < -0.3 is 20.3 Å². The molecule has 0 aromatic rings. The molecule has 6 nitrogen and oxygen atoms in total. The Morgan fingerprint density at radius 3 is 0.973 bits per heavy atom. The molecule has 0 bridgehead atoms. The van der Waals surface area contributed by atoms with Crippen LogP contribution in [-0.4, -0.2) is 47.4 Å². The molecule has 0 aliphatic rings. The first-order valence-corrected chi connectivity index (χ1v) is 33.6. The van der Waals surface area contributed by atoms with Crippen molar-refractivity contribution in [1.29, 1.82) is 0 Å². The summed E-state index contributed by atoms with van der Waals surface area (Å²) in [5, 5.41) is 23.2. The Morgan fingerprint density at radius 2 is 0.635 bits per heavy atom. The minimum Gasteiger partial charge on any atom is -0.466 e. The molecule has 2 atom stereocenters. The molecule has 0 saturated heterocycles. The summed E-state index contributed by atoms with van der Waals surface area (Å²) in [5.41, 5.74) is 0. The van der Waals surface area contributed by atoms with E-state index in [0.717, 1.165) is 44.9 Å². The van der Waals surface area contributed by atoms with E-state index in [1.807, 2.05) is 6.08 Å². The smallest absolute Gasteiger partial charge is 0.305 e. The molecule has 1 amide bonds. The molecule has 0 aliphatic heterocycles. The summed E-state index contributed by atoms with van der Waals surface area (Å²) in [5.74, 6) is -0.0557. The molecule has 74 heavy (non-hydrogen) atoms. The molecule has 0 aromatic heterocycles. The van der Waals surface area contributed by atoms with Crippen molar-refractivity contribution in [1.82, 2.24) is 5.32 Å². The number of ether oxygens (including phenoxy) is 1. The average Bonchev–Trinajstić information content (AvgIpc) is 3.40. The number of amides is 1. The van der Waals surface area contributed by atoms with Crippen LogP contribution < -0.4 is 5.32 Å². The molecule has 0 spiro atoms. The van der Waals surface area contributed by atoms with Gasteiger partial charge in [0.25, 0.3) is 0 Å². The molecule has 0 aromatic carbocycles. The Hall–Kier alpha value is -1.66. The molecule has 0 rings (SSSR count). The fourth-order valence-electron chi connectivity index (χ4n) is 10.6. The largest absolute Gasteiger partial charge is 0.466 e. The third-order valence-electron chi connectivity index (χ3n) is 15.7. The van der Waals surface area contributed by atoms with Crippen molar-refractivity contribution < 1.29 is 24.5 Å². The first kappa shape index (κ1) is 72.3. The maximum atomic E-state index is 12.5. The fourth-order valence-corrected chi connectivity index (χ4v) is 10.6. The van der Waals surface area contributed by atoms with Crippen LogP contribution in [-0.2, 0) is 14.3 Å². The molecular weight excluding hydrogens is 911 g/mol. The Bertz CT molecular complexity index is 1150. The van der Waals surface area contributed by atoms with Crippen LogP contribution in [0.1, 0.15) is 373 Å². The van der Waals surface area contributed by atoms with Crippen LogP contribution in [0.4, 0.5) is 0 Å². The third kappa shape index (κ3) is 59.6. The van der Waals surface area contributed by atoms with E-state index in [4.69, 9.17) is 4.74 Å². The topological polar surface area (TPSA) is 95.9 Å². The first-order chi connectivity index (χ1) is 36.5. The lowest BCUT2D eigenvalue weighted by Gasteiger charge is -2.20. The van der Waals surface area contributed by atoms with Crippen molar-refractivity contribution in [2.45, 2.75) is 386 Å². The zero-order valence-electron chi connectivity index (χ0n) is 50.1. The number of nitrogens with one attached hydrogen (secondary N) is 1. The van der Waals surface area contributed by atoms with Gasteiger partial charge in [-0.3, -0.25) is 9.59 Å². The van der Waals surface area contributed by atoms with E-state index in [-0.39, 0.29) is 18.5 Å². The molecule has 438 valence electrons. The molecule has 0 saturated carbocycles. The van der Waals surface area contributed by atoms with Gasteiger partial charge in [-0.05, 0) is 57.8 Å². The number of rotatable bonds is 63. The lowest BCUT2D eigenvalue weighted by atomic mass is 10.0. The molecule has 0 aliphatic carbocycles. The standard InChI is InChI=1S/C68H131NO5/c1-3-5-7-9-11-13-15-17-18-19-27-30-33-37-40-44-48-52-56-60-66(71)65(64-70)69-67(72)61-57-53-49-45-41-38-34-31-28-25-23-21-20-22-24-26-29-32-35-39-43-47-51-55-59-63-74-68(73)62-58-54-50-46-42-36-16-14-12-10-8-6-4-2/h14,16,56,60,65-66,70-71H,3-13,15,17-55,57-59,61-64H2,1-2H3,(H,69,72)/b16-14-,60-56+. The summed E-state index contributed by atoms with van der Waals surface area (Å²) < 4.78 is 5.48. The van der Waals surface area contributed by atoms with E-state index in [2.05, 4.69) is 31.3 Å². The lowest BCUT2D eigenvalue weighted by molar-refractivity contribution is -0.143. The van der Waals surface area contributed by atoms with Gasteiger partial charge in [0.05, 0.1) is 25.4 Å². The third-order valence-corrected chi connectivity index (χ3v) is 15.7. The van der Waals surface area contributed by atoms with Crippen LogP contribution in [0.3, 0.4) is 0 Å². The van der Waals surface area contributed by atoms with Crippen molar-refractivity contribution in [3.05, 3.63) is 24.3 Å². The molecule has 0 radical (unpaired) electrons. The monoisotopic (exact) mass is 1040 g/mol. The zero-order valence-corrected chi connectivity index (χ0v) is 50.1. The molecule has 6 heteroatoms. The predicted octanol–water partition coefficient (Wildman–Crippen LogP) is 21.4. The van der Waals surface area contributed by atoms with E-state index in [1.165, 1.54) is 302 Å². The number of aliphatic hydroxyl groups is 2. The van der Waals surface area contributed by atoms with Crippen LogP contribution in [0.2, 0.25) is 0 Å². The number of carbonyl (C=O) groups excluding carboxylic acids is 2.